The fraction of sp³-hybridized carbons (Fsp3) is 0.688. The third kappa shape index (κ3) is 5.09. The topological polar surface area (TPSA) is 58.4 Å². The average molecular weight is 311 g/mol. The van der Waals surface area contributed by atoms with Gasteiger partial charge in [0.05, 0.1) is 11.6 Å². The van der Waals surface area contributed by atoms with Gasteiger partial charge in [-0.1, -0.05) is 27.2 Å². The highest BCUT2D eigenvalue weighted by Gasteiger charge is 2.28. The van der Waals surface area contributed by atoms with Crippen LogP contribution in [0.1, 0.15) is 52.1 Å². The molecule has 120 valence electrons. The van der Waals surface area contributed by atoms with Crippen molar-refractivity contribution in [3.63, 3.8) is 0 Å². The lowest BCUT2D eigenvalue weighted by atomic mass is 9.96. The van der Waals surface area contributed by atoms with E-state index in [0.717, 1.165) is 19.5 Å². The monoisotopic (exact) mass is 311 g/mol. The van der Waals surface area contributed by atoms with Gasteiger partial charge >= 0.3 is 0 Å². The van der Waals surface area contributed by atoms with Gasteiger partial charge in [0.25, 0.3) is 0 Å². The Morgan fingerprint density at radius 2 is 2.10 bits per heavy atom. The molecule has 0 radical (unpaired) electrons. The summed E-state index contributed by atoms with van der Waals surface area (Å²) in [6.07, 6.45) is 1.61. The molecule has 1 aromatic heterocycles. The lowest BCUT2D eigenvalue weighted by Crippen LogP contribution is -2.53. The van der Waals surface area contributed by atoms with E-state index in [4.69, 9.17) is 5.73 Å². The second-order valence-corrected chi connectivity index (χ2v) is 6.45. The van der Waals surface area contributed by atoms with Crippen molar-refractivity contribution in [1.29, 1.82) is 0 Å². The van der Waals surface area contributed by atoms with Crippen LogP contribution in [0.3, 0.4) is 0 Å². The molecule has 0 bridgehead atoms. The Labute approximate surface area is 132 Å². The van der Waals surface area contributed by atoms with Gasteiger partial charge < -0.3 is 11.1 Å². The molecule has 0 saturated carbocycles. The minimum absolute atomic E-state index is 0.0586. The van der Waals surface area contributed by atoms with Crippen LogP contribution in [-0.4, -0.2) is 36.0 Å². The molecule has 2 atom stereocenters. The molecule has 2 unspecified atom stereocenters. The standard InChI is InChI=1S/C16H29N3OS/c1-5-9-16(4,17)15(20)18-11-14(19(6-2)7-3)13-8-10-21-12-13/h8,10,12,14H,5-7,9,11,17H2,1-4H3,(H,18,20). The molecule has 4 nitrogen and oxygen atoms in total. The minimum Gasteiger partial charge on any atom is -0.353 e. The quantitative estimate of drug-likeness (QED) is 0.737. The number of nitrogens with two attached hydrogens (primary N) is 1. The smallest absolute Gasteiger partial charge is 0.239 e. The van der Waals surface area contributed by atoms with E-state index in [1.807, 2.05) is 13.8 Å². The van der Waals surface area contributed by atoms with E-state index >= 15 is 0 Å². The van der Waals surface area contributed by atoms with Gasteiger partial charge in [-0.05, 0) is 48.8 Å². The lowest BCUT2D eigenvalue weighted by molar-refractivity contribution is -0.126. The van der Waals surface area contributed by atoms with Crippen molar-refractivity contribution in [2.45, 2.75) is 52.1 Å². The third-order valence-corrected chi connectivity index (χ3v) is 4.63. The van der Waals surface area contributed by atoms with Crippen LogP contribution >= 0.6 is 11.3 Å². The predicted octanol–water partition coefficient (Wildman–Crippen LogP) is 2.76. The van der Waals surface area contributed by atoms with E-state index in [1.54, 1.807) is 11.3 Å². The average Bonchev–Trinajstić information content (AvgIpc) is 2.96. The molecule has 0 aliphatic heterocycles. The predicted molar refractivity (Wildman–Crippen MR) is 90.5 cm³/mol. The fourth-order valence-electron chi connectivity index (χ4n) is 2.61. The second kappa shape index (κ2) is 8.51. The Bertz CT molecular complexity index is 413. The first-order valence-electron chi connectivity index (χ1n) is 7.79. The summed E-state index contributed by atoms with van der Waals surface area (Å²) in [5.74, 6) is -0.0586. The SMILES string of the molecule is CCCC(C)(N)C(=O)NCC(c1ccsc1)N(CC)CC. The van der Waals surface area contributed by atoms with Crippen molar-refractivity contribution in [1.82, 2.24) is 10.2 Å². The molecule has 0 saturated heterocycles. The molecular weight excluding hydrogens is 282 g/mol. The van der Waals surface area contributed by atoms with Gasteiger partial charge in [0.2, 0.25) is 5.91 Å². The van der Waals surface area contributed by atoms with Crippen LogP contribution in [0.15, 0.2) is 16.8 Å². The molecule has 0 aromatic carbocycles. The van der Waals surface area contributed by atoms with E-state index in [2.05, 4.69) is 40.9 Å². The Morgan fingerprint density at radius 3 is 2.57 bits per heavy atom. The number of hydrogen-bond acceptors (Lipinski definition) is 4. The highest BCUT2D eigenvalue weighted by molar-refractivity contribution is 7.07. The Kier molecular flexibility index (Phi) is 7.35. The van der Waals surface area contributed by atoms with E-state index < -0.39 is 5.54 Å². The first-order chi connectivity index (χ1) is 9.96. The number of carbonyl (C=O) groups is 1. The minimum atomic E-state index is -0.781. The zero-order chi connectivity index (χ0) is 15.9. The summed E-state index contributed by atoms with van der Waals surface area (Å²) >= 11 is 1.69. The molecule has 3 N–H and O–H groups in total. The maximum atomic E-state index is 12.3. The van der Waals surface area contributed by atoms with Crippen molar-refractivity contribution in [3.8, 4) is 0 Å². The van der Waals surface area contributed by atoms with E-state index in [1.165, 1.54) is 5.56 Å². The molecule has 1 amide bonds. The van der Waals surface area contributed by atoms with Crippen molar-refractivity contribution in [3.05, 3.63) is 22.4 Å². The number of nitrogens with one attached hydrogen (secondary N) is 1. The molecule has 0 aliphatic rings. The van der Waals surface area contributed by atoms with E-state index in [0.29, 0.717) is 13.0 Å². The highest BCUT2D eigenvalue weighted by atomic mass is 32.1. The van der Waals surface area contributed by atoms with Gasteiger partial charge in [-0.3, -0.25) is 9.69 Å². The van der Waals surface area contributed by atoms with Gasteiger partial charge in [-0.2, -0.15) is 11.3 Å². The molecule has 0 aliphatic carbocycles. The number of amides is 1. The summed E-state index contributed by atoms with van der Waals surface area (Å²) in [6, 6.07) is 2.35. The molecular formula is C16H29N3OS. The molecule has 1 aromatic rings. The van der Waals surface area contributed by atoms with Crippen LogP contribution in [0.2, 0.25) is 0 Å². The van der Waals surface area contributed by atoms with E-state index in [9.17, 15) is 4.79 Å². The summed E-state index contributed by atoms with van der Waals surface area (Å²) in [5, 5.41) is 7.28. The van der Waals surface area contributed by atoms with Crippen LogP contribution in [-0.2, 0) is 4.79 Å². The molecule has 1 heterocycles. The second-order valence-electron chi connectivity index (χ2n) is 5.67. The Balaban J connectivity index is 2.72. The van der Waals surface area contributed by atoms with E-state index in [-0.39, 0.29) is 11.9 Å². The molecule has 21 heavy (non-hydrogen) atoms. The maximum Gasteiger partial charge on any atom is 0.239 e. The number of thiophene rings is 1. The van der Waals surface area contributed by atoms with Crippen LogP contribution in [0, 0.1) is 0 Å². The first kappa shape index (κ1) is 18.1. The van der Waals surface area contributed by atoms with Crippen molar-refractivity contribution in [2.24, 2.45) is 5.73 Å². The van der Waals surface area contributed by atoms with Gasteiger partial charge in [-0.25, -0.2) is 0 Å². The Morgan fingerprint density at radius 1 is 1.43 bits per heavy atom. The highest BCUT2D eigenvalue weighted by Crippen LogP contribution is 2.22. The van der Waals surface area contributed by atoms with Gasteiger partial charge in [0, 0.05) is 6.54 Å². The largest absolute Gasteiger partial charge is 0.353 e. The third-order valence-electron chi connectivity index (χ3n) is 3.93. The lowest BCUT2D eigenvalue weighted by Gasteiger charge is -2.31. The first-order valence-corrected chi connectivity index (χ1v) is 8.73. The normalized spacial score (nSPS) is 15.7. The molecule has 1 rings (SSSR count). The zero-order valence-electron chi connectivity index (χ0n) is 13.7. The summed E-state index contributed by atoms with van der Waals surface area (Å²) in [7, 11) is 0. The number of carbonyl (C=O) groups excluding carboxylic acids is 1. The number of rotatable bonds is 9. The molecule has 5 heteroatoms. The van der Waals surface area contributed by atoms with Crippen molar-refractivity contribution < 1.29 is 4.79 Å². The van der Waals surface area contributed by atoms with Gasteiger partial charge in [0.1, 0.15) is 0 Å². The summed E-state index contributed by atoms with van der Waals surface area (Å²) in [4.78, 5) is 14.6. The molecule has 0 fully saturated rings. The Hall–Kier alpha value is -0.910. The summed E-state index contributed by atoms with van der Waals surface area (Å²) < 4.78 is 0. The van der Waals surface area contributed by atoms with Gasteiger partial charge in [-0.15, -0.1) is 0 Å². The fourth-order valence-corrected chi connectivity index (χ4v) is 3.32. The van der Waals surface area contributed by atoms with Crippen LogP contribution in [0.4, 0.5) is 0 Å². The zero-order valence-corrected chi connectivity index (χ0v) is 14.5. The number of likely N-dealkylation sites (N-methyl/N-ethyl adjacent to an activating group) is 1. The summed E-state index contributed by atoms with van der Waals surface area (Å²) in [5.41, 5.74) is 6.57. The van der Waals surface area contributed by atoms with Crippen molar-refractivity contribution in [2.75, 3.05) is 19.6 Å². The molecule has 0 spiro atoms. The number of nitrogens with zero attached hydrogens (tertiary/aromatic N) is 1. The maximum absolute atomic E-state index is 12.3. The van der Waals surface area contributed by atoms with Crippen LogP contribution in [0.5, 0.6) is 0 Å². The summed E-state index contributed by atoms with van der Waals surface area (Å²) in [6.45, 7) is 10.7. The van der Waals surface area contributed by atoms with Gasteiger partial charge in [0.15, 0.2) is 0 Å². The van der Waals surface area contributed by atoms with Crippen LogP contribution < -0.4 is 11.1 Å². The van der Waals surface area contributed by atoms with Crippen molar-refractivity contribution >= 4 is 17.2 Å². The number of hydrogen-bond donors (Lipinski definition) is 2. The van der Waals surface area contributed by atoms with Crippen LogP contribution in [0.25, 0.3) is 0 Å².